The number of aromatic nitrogens is 2. The van der Waals surface area contributed by atoms with E-state index in [0.29, 0.717) is 5.56 Å². The molecule has 2 heterocycles. The van der Waals surface area contributed by atoms with Gasteiger partial charge in [-0.15, -0.1) is 0 Å². The summed E-state index contributed by atoms with van der Waals surface area (Å²) in [5.74, 6) is -1.33. The van der Waals surface area contributed by atoms with E-state index in [9.17, 15) is 24.3 Å². The number of carbonyl (C=O) groups is 2. The number of carbonyl (C=O) groups excluding carboxylic acids is 1. The highest BCUT2D eigenvalue weighted by molar-refractivity contribution is 5.81. The second-order valence-electron chi connectivity index (χ2n) is 8.68. The Morgan fingerprint density at radius 1 is 1.06 bits per heavy atom. The minimum Gasteiger partial charge on any atom is -0.480 e. The van der Waals surface area contributed by atoms with Gasteiger partial charge < -0.3 is 9.84 Å². The summed E-state index contributed by atoms with van der Waals surface area (Å²) in [5, 5.41) is 9.71. The molecule has 9 nitrogen and oxygen atoms in total. The summed E-state index contributed by atoms with van der Waals surface area (Å²) in [6, 6.07) is 14.2. The molecule has 34 heavy (non-hydrogen) atoms. The van der Waals surface area contributed by atoms with Crippen LogP contribution in [0.15, 0.2) is 64.3 Å². The maximum Gasteiger partial charge on any atom is 0.410 e. The lowest BCUT2D eigenvalue weighted by Crippen LogP contribution is -2.41. The fraction of sp³-hybridized carbons (Fsp3) is 0.280. The number of benzene rings is 2. The summed E-state index contributed by atoms with van der Waals surface area (Å²) in [6.07, 6.45) is 0.683. The van der Waals surface area contributed by atoms with Crippen LogP contribution in [0.5, 0.6) is 0 Å². The zero-order valence-corrected chi connectivity index (χ0v) is 18.4. The van der Waals surface area contributed by atoms with E-state index in [1.54, 1.807) is 6.92 Å². The number of fused-ring (bicyclic) bond motifs is 3. The van der Waals surface area contributed by atoms with Crippen LogP contribution in [0.1, 0.15) is 35.1 Å². The predicted octanol–water partition coefficient (Wildman–Crippen LogP) is 2.49. The number of H-pyrrole nitrogens is 1. The lowest BCUT2D eigenvalue weighted by molar-refractivity contribution is -0.141. The standard InChI is InChI=1S/C25H23N3O6/c1-14-11-27(24(32)26-22(14)29)15-10-21(23(30)31)28(12-15)25(33)34-13-20-18-8-4-2-6-16(18)17-7-3-5-9-19(17)20/h2-9,11,15,20-21H,10,12-13H2,1H3,(H,30,31)(H,26,29,32)/t15-,21-/m0/s1. The van der Waals surface area contributed by atoms with Crippen molar-refractivity contribution < 1.29 is 19.4 Å². The minimum atomic E-state index is -1.18. The minimum absolute atomic E-state index is 0.0149. The monoisotopic (exact) mass is 461 g/mol. The average molecular weight is 461 g/mol. The summed E-state index contributed by atoms with van der Waals surface area (Å²) >= 11 is 0. The Bertz CT molecular complexity index is 1360. The highest BCUT2D eigenvalue weighted by Crippen LogP contribution is 2.44. The zero-order valence-electron chi connectivity index (χ0n) is 18.4. The van der Waals surface area contributed by atoms with Gasteiger partial charge >= 0.3 is 17.8 Å². The molecule has 0 unspecified atom stereocenters. The number of rotatable bonds is 4. The van der Waals surface area contributed by atoms with Crippen LogP contribution in [-0.4, -0.2) is 50.8 Å². The third-order valence-electron chi connectivity index (χ3n) is 6.67. The number of aliphatic carboxylic acids is 1. The molecule has 9 heteroatoms. The fourth-order valence-electron chi connectivity index (χ4n) is 4.99. The lowest BCUT2D eigenvalue weighted by atomic mass is 9.98. The number of nitrogens with one attached hydrogen (secondary N) is 1. The van der Waals surface area contributed by atoms with E-state index in [4.69, 9.17) is 4.74 Å². The molecule has 2 aliphatic rings. The van der Waals surface area contributed by atoms with Crippen molar-refractivity contribution in [2.45, 2.75) is 31.3 Å². The molecule has 2 N–H and O–H groups in total. The van der Waals surface area contributed by atoms with Gasteiger partial charge in [0, 0.05) is 30.6 Å². The molecule has 1 saturated heterocycles. The fourth-order valence-corrected chi connectivity index (χ4v) is 4.99. The first kappa shape index (κ1) is 21.7. The Balaban J connectivity index is 1.36. The van der Waals surface area contributed by atoms with Crippen molar-refractivity contribution in [3.63, 3.8) is 0 Å². The molecule has 0 radical (unpaired) electrons. The van der Waals surface area contributed by atoms with Gasteiger partial charge in [-0.05, 0) is 29.2 Å². The topological polar surface area (TPSA) is 122 Å². The van der Waals surface area contributed by atoms with Crippen LogP contribution in [0, 0.1) is 6.92 Å². The Kier molecular flexibility index (Phi) is 5.31. The van der Waals surface area contributed by atoms with Gasteiger partial charge in [0.25, 0.3) is 5.56 Å². The molecule has 0 saturated carbocycles. The average Bonchev–Trinajstić information content (AvgIpc) is 3.40. The van der Waals surface area contributed by atoms with Crippen molar-refractivity contribution >= 4 is 12.1 Å². The number of ether oxygens (including phenoxy) is 1. The summed E-state index contributed by atoms with van der Waals surface area (Å²) in [4.78, 5) is 52.3. The zero-order chi connectivity index (χ0) is 24.0. The molecular formula is C25H23N3O6. The van der Waals surface area contributed by atoms with Crippen LogP contribution in [-0.2, 0) is 9.53 Å². The number of hydrogen-bond donors (Lipinski definition) is 2. The molecule has 2 aromatic carbocycles. The van der Waals surface area contributed by atoms with E-state index < -0.39 is 35.4 Å². The summed E-state index contributed by atoms with van der Waals surface area (Å²) in [7, 11) is 0. The van der Waals surface area contributed by atoms with Crippen molar-refractivity contribution in [3.8, 4) is 11.1 Å². The number of aromatic amines is 1. The number of amides is 1. The van der Waals surface area contributed by atoms with E-state index in [1.165, 1.54) is 10.8 Å². The van der Waals surface area contributed by atoms with Crippen molar-refractivity contribution in [1.29, 1.82) is 0 Å². The predicted molar refractivity (Wildman–Crippen MR) is 123 cm³/mol. The van der Waals surface area contributed by atoms with Crippen molar-refractivity contribution in [3.05, 3.63) is 92.3 Å². The second-order valence-corrected chi connectivity index (χ2v) is 8.68. The number of carboxylic acids is 1. The molecule has 5 rings (SSSR count). The number of hydrogen-bond acceptors (Lipinski definition) is 5. The molecule has 3 aromatic rings. The molecule has 1 aliphatic heterocycles. The summed E-state index contributed by atoms with van der Waals surface area (Å²) in [6.45, 7) is 1.61. The van der Waals surface area contributed by atoms with Crippen LogP contribution in [0.3, 0.4) is 0 Å². The van der Waals surface area contributed by atoms with Crippen molar-refractivity contribution in [2.24, 2.45) is 0 Å². The van der Waals surface area contributed by atoms with Crippen LogP contribution in [0.4, 0.5) is 4.79 Å². The van der Waals surface area contributed by atoms with Gasteiger partial charge in [0.05, 0.1) is 6.04 Å². The van der Waals surface area contributed by atoms with Crippen LogP contribution in [0.25, 0.3) is 11.1 Å². The quantitative estimate of drug-likeness (QED) is 0.616. The van der Waals surface area contributed by atoms with E-state index in [1.807, 2.05) is 48.5 Å². The number of aryl methyl sites for hydroxylation is 1. The van der Waals surface area contributed by atoms with Gasteiger partial charge in [0.2, 0.25) is 0 Å². The second kappa shape index (κ2) is 8.33. The maximum atomic E-state index is 13.0. The summed E-state index contributed by atoms with van der Waals surface area (Å²) < 4.78 is 6.92. The third kappa shape index (κ3) is 3.59. The van der Waals surface area contributed by atoms with E-state index in [-0.39, 0.29) is 25.5 Å². The van der Waals surface area contributed by atoms with Crippen LogP contribution in [0.2, 0.25) is 0 Å². The molecule has 0 spiro atoms. The van der Waals surface area contributed by atoms with E-state index in [0.717, 1.165) is 27.2 Å². The Labute approximate surface area is 194 Å². The first-order valence-corrected chi connectivity index (χ1v) is 11.0. The maximum absolute atomic E-state index is 13.0. The Morgan fingerprint density at radius 2 is 1.68 bits per heavy atom. The van der Waals surface area contributed by atoms with Gasteiger partial charge in [-0.2, -0.15) is 0 Å². The molecule has 1 amide bonds. The van der Waals surface area contributed by atoms with E-state index in [2.05, 4.69) is 4.98 Å². The molecule has 2 atom stereocenters. The van der Waals surface area contributed by atoms with Crippen LogP contribution < -0.4 is 11.2 Å². The van der Waals surface area contributed by atoms with Gasteiger partial charge in [0.15, 0.2) is 0 Å². The van der Waals surface area contributed by atoms with Crippen molar-refractivity contribution in [2.75, 3.05) is 13.2 Å². The first-order chi connectivity index (χ1) is 16.3. The van der Waals surface area contributed by atoms with Gasteiger partial charge in [0.1, 0.15) is 12.6 Å². The molecule has 1 fully saturated rings. The highest BCUT2D eigenvalue weighted by Gasteiger charge is 2.42. The highest BCUT2D eigenvalue weighted by atomic mass is 16.6. The molecule has 0 bridgehead atoms. The first-order valence-electron chi connectivity index (χ1n) is 11.0. The summed E-state index contributed by atoms with van der Waals surface area (Å²) in [5.41, 5.74) is 3.49. The molecular weight excluding hydrogens is 438 g/mol. The van der Waals surface area contributed by atoms with Gasteiger partial charge in [-0.1, -0.05) is 48.5 Å². The van der Waals surface area contributed by atoms with Crippen molar-refractivity contribution in [1.82, 2.24) is 14.5 Å². The Morgan fingerprint density at radius 3 is 2.29 bits per heavy atom. The SMILES string of the molecule is Cc1cn([C@H]2C[C@@H](C(=O)O)N(C(=O)OCC3c4ccccc4-c4ccccc43)C2)c(=O)[nH]c1=O. The van der Waals surface area contributed by atoms with Gasteiger partial charge in [-0.3, -0.25) is 19.2 Å². The number of carboxylic acid groups (broad SMARTS) is 1. The van der Waals surface area contributed by atoms with Gasteiger partial charge in [-0.25, -0.2) is 14.4 Å². The smallest absolute Gasteiger partial charge is 0.410 e. The normalized spacial score (nSPS) is 19.0. The number of nitrogens with zero attached hydrogens (tertiary/aromatic N) is 2. The Hall–Kier alpha value is -4.14. The third-order valence-corrected chi connectivity index (χ3v) is 6.67. The largest absolute Gasteiger partial charge is 0.480 e. The molecule has 1 aliphatic carbocycles. The lowest BCUT2D eigenvalue weighted by Gasteiger charge is -2.22. The molecule has 1 aromatic heterocycles. The van der Waals surface area contributed by atoms with Crippen LogP contribution >= 0.6 is 0 Å². The molecule has 174 valence electrons. The van der Waals surface area contributed by atoms with E-state index >= 15 is 0 Å². The number of likely N-dealkylation sites (tertiary alicyclic amines) is 1.